The molecular formula is C18H32N4O8S. The van der Waals surface area contributed by atoms with Gasteiger partial charge in [0.2, 0.25) is 17.7 Å². The zero-order valence-electron chi connectivity index (χ0n) is 17.7. The maximum Gasteiger partial charge on any atom is 0.326 e. The molecule has 31 heavy (non-hydrogen) atoms. The fraction of sp³-hybridized carbons (Fsp3) is 0.722. The second kappa shape index (κ2) is 13.8. The number of nitrogens with two attached hydrogens (primary N) is 1. The Kier molecular flexibility index (Phi) is 12.8. The van der Waals surface area contributed by atoms with Crippen LogP contribution >= 0.6 is 12.6 Å². The van der Waals surface area contributed by atoms with Crippen molar-refractivity contribution in [3.8, 4) is 0 Å². The van der Waals surface area contributed by atoms with Crippen LogP contribution < -0.4 is 21.7 Å². The number of aliphatic carboxylic acids is 2. The van der Waals surface area contributed by atoms with E-state index in [0.717, 1.165) is 0 Å². The minimum atomic E-state index is -1.49. The predicted octanol–water partition coefficient (Wildman–Crippen LogP) is -1.93. The van der Waals surface area contributed by atoms with Crippen LogP contribution in [0, 0.1) is 5.92 Å². The van der Waals surface area contributed by atoms with E-state index in [1.54, 1.807) is 13.8 Å². The molecule has 0 aromatic heterocycles. The van der Waals surface area contributed by atoms with Gasteiger partial charge in [-0.15, -0.1) is 0 Å². The Morgan fingerprint density at radius 3 is 1.90 bits per heavy atom. The maximum absolute atomic E-state index is 12.5. The van der Waals surface area contributed by atoms with E-state index in [-0.39, 0.29) is 18.6 Å². The van der Waals surface area contributed by atoms with Gasteiger partial charge < -0.3 is 37.0 Å². The normalized spacial score (nSPS) is 16.7. The van der Waals surface area contributed by atoms with Crippen LogP contribution in [0.5, 0.6) is 0 Å². The zero-order valence-corrected chi connectivity index (χ0v) is 18.6. The first-order valence-corrected chi connectivity index (χ1v) is 10.4. The Hall–Kier alpha value is -2.38. The summed E-state index contributed by atoms with van der Waals surface area (Å²) in [5.41, 5.74) is 5.60. The quantitative estimate of drug-likeness (QED) is 0.134. The summed E-state index contributed by atoms with van der Waals surface area (Å²) < 4.78 is 0. The molecule has 0 aromatic carbocycles. The average Bonchev–Trinajstić information content (AvgIpc) is 2.70. The Morgan fingerprint density at radius 1 is 0.935 bits per heavy atom. The summed E-state index contributed by atoms with van der Waals surface area (Å²) in [4.78, 5) is 59.1. The lowest BCUT2D eigenvalue weighted by atomic mass is 9.98. The molecule has 0 saturated heterocycles. The van der Waals surface area contributed by atoms with E-state index >= 15 is 0 Å². The molecule has 0 fully saturated rings. The van der Waals surface area contributed by atoms with Gasteiger partial charge in [0, 0.05) is 12.2 Å². The van der Waals surface area contributed by atoms with Crippen molar-refractivity contribution >= 4 is 42.3 Å². The molecule has 6 atom stereocenters. The molecule has 0 saturated carbocycles. The number of carboxylic acid groups (broad SMARTS) is 2. The first-order valence-electron chi connectivity index (χ1n) is 9.75. The van der Waals surface area contributed by atoms with Gasteiger partial charge >= 0.3 is 11.9 Å². The summed E-state index contributed by atoms with van der Waals surface area (Å²) in [6.07, 6.45) is -1.38. The van der Waals surface area contributed by atoms with Crippen molar-refractivity contribution in [2.45, 2.75) is 70.3 Å². The lowest BCUT2D eigenvalue weighted by molar-refractivity contribution is -0.144. The summed E-state index contributed by atoms with van der Waals surface area (Å²) in [6, 6.07) is -5.11. The SMILES string of the molecule is CCC(C)C(NC(=O)C(NC(=O)C(CS)NC(=O)C(N)CCC(=O)O)C(C)O)C(=O)O. The van der Waals surface area contributed by atoms with E-state index in [9.17, 15) is 34.2 Å². The molecule has 6 unspecified atom stereocenters. The highest BCUT2D eigenvalue weighted by molar-refractivity contribution is 7.80. The third-order valence-electron chi connectivity index (χ3n) is 4.66. The van der Waals surface area contributed by atoms with Crippen molar-refractivity contribution in [3.63, 3.8) is 0 Å². The highest BCUT2D eigenvalue weighted by Gasteiger charge is 2.33. The minimum Gasteiger partial charge on any atom is -0.481 e. The number of carbonyl (C=O) groups excluding carboxylic acids is 3. The number of thiol groups is 1. The number of amides is 3. The molecule has 0 heterocycles. The van der Waals surface area contributed by atoms with Gasteiger partial charge in [0.1, 0.15) is 18.1 Å². The third-order valence-corrected chi connectivity index (χ3v) is 5.03. The van der Waals surface area contributed by atoms with Crippen molar-refractivity contribution in [2.75, 3.05) is 5.75 Å². The van der Waals surface area contributed by atoms with Gasteiger partial charge in [-0.1, -0.05) is 20.3 Å². The van der Waals surface area contributed by atoms with Crippen LogP contribution in [0.1, 0.15) is 40.0 Å². The molecular weight excluding hydrogens is 432 g/mol. The van der Waals surface area contributed by atoms with Gasteiger partial charge in [-0.3, -0.25) is 19.2 Å². The average molecular weight is 465 g/mol. The molecule has 0 radical (unpaired) electrons. The summed E-state index contributed by atoms with van der Waals surface area (Å²) in [5, 5.41) is 34.8. The molecule has 178 valence electrons. The molecule has 0 aliphatic rings. The van der Waals surface area contributed by atoms with E-state index in [1.807, 2.05) is 0 Å². The molecule has 0 aliphatic heterocycles. The molecule has 0 spiro atoms. The number of nitrogens with one attached hydrogen (secondary N) is 3. The fourth-order valence-corrected chi connectivity index (χ4v) is 2.73. The van der Waals surface area contributed by atoms with E-state index in [4.69, 9.17) is 10.8 Å². The molecule has 0 bridgehead atoms. The number of carboxylic acids is 2. The lowest BCUT2D eigenvalue weighted by Crippen LogP contribution is -2.60. The van der Waals surface area contributed by atoms with Gasteiger partial charge in [0.15, 0.2) is 0 Å². The molecule has 0 aromatic rings. The number of carbonyl (C=O) groups is 5. The highest BCUT2D eigenvalue weighted by Crippen LogP contribution is 2.09. The van der Waals surface area contributed by atoms with Gasteiger partial charge in [-0.25, -0.2) is 4.79 Å². The molecule has 0 aliphatic carbocycles. The van der Waals surface area contributed by atoms with E-state index in [2.05, 4.69) is 28.6 Å². The Morgan fingerprint density at radius 2 is 1.48 bits per heavy atom. The molecule has 3 amide bonds. The summed E-state index contributed by atoms with van der Waals surface area (Å²) in [7, 11) is 0. The predicted molar refractivity (Wildman–Crippen MR) is 113 cm³/mol. The number of aliphatic hydroxyl groups excluding tert-OH is 1. The minimum absolute atomic E-state index is 0.146. The number of rotatable bonds is 14. The first-order chi connectivity index (χ1) is 14.3. The molecule has 0 rings (SSSR count). The Bertz CT molecular complexity index is 660. The van der Waals surface area contributed by atoms with Gasteiger partial charge in [0.05, 0.1) is 12.1 Å². The second-order valence-corrected chi connectivity index (χ2v) is 7.58. The van der Waals surface area contributed by atoms with E-state index in [0.29, 0.717) is 6.42 Å². The molecule has 8 N–H and O–H groups in total. The van der Waals surface area contributed by atoms with Crippen LogP contribution in [-0.4, -0.2) is 81.0 Å². The van der Waals surface area contributed by atoms with Crippen LogP contribution in [0.15, 0.2) is 0 Å². The summed E-state index contributed by atoms with van der Waals surface area (Å²) in [6.45, 7) is 4.62. The van der Waals surface area contributed by atoms with Gasteiger partial charge in [-0.05, 0) is 19.3 Å². The van der Waals surface area contributed by atoms with Gasteiger partial charge in [0.25, 0.3) is 0 Å². The third kappa shape index (κ3) is 9.98. The van der Waals surface area contributed by atoms with Crippen molar-refractivity contribution < 1.29 is 39.3 Å². The number of hydrogen-bond acceptors (Lipinski definition) is 8. The van der Waals surface area contributed by atoms with Crippen molar-refractivity contribution in [2.24, 2.45) is 11.7 Å². The standard InChI is InChI=1S/C18H32N4O8S/c1-4-8(2)13(18(29)30)21-17(28)14(9(3)23)22-16(27)11(7-31)20-15(26)10(19)5-6-12(24)25/h8-11,13-14,23,31H,4-7,19H2,1-3H3,(H,20,26)(H,21,28)(H,22,27)(H,24,25)(H,29,30). The summed E-state index contributed by atoms with van der Waals surface area (Å²) in [5.74, 6) is -5.51. The van der Waals surface area contributed by atoms with E-state index < -0.39 is 65.8 Å². The van der Waals surface area contributed by atoms with E-state index in [1.165, 1.54) is 6.92 Å². The maximum atomic E-state index is 12.5. The summed E-state index contributed by atoms with van der Waals surface area (Å²) >= 11 is 3.98. The number of aliphatic hydroxyl groups is 1. The monoisotopic (exact) mass is 464 g/mol. The first kappa shape index (κ1) is 28.6. The highest BCUT2D eigenvalue weighted by atomic mass is 32.1. The Balaban J connectivity index is 5.18. The Labute approximate surface area is 185 Å². The van der Waals surface area contributed by atoms with Crippen LogP contribution in [-0.2, 0) is 24.0 Å². The zero-order chi connectivity index (χ0) is 24.3. The smallest absolute Gasteiger partial charge is 0.326 e. The molecule has 12 nitrogen and oxygen atoms in total. The van der Waals surface area contributed by atoms with Gasteiger partial charge in [-0.2, -0.15) is 12.6 Å². The van der Waals surface area contributed by atoms with Crippen molar-refractivity contribution in [1.82, 2.24) is 16.0 Å². The van der Waals surface area contributed by atoms with Crippen LogP contribution in [0.3, 0.4) is 0 Å². The topological polar surface area (TPSA) is 208 Å². The van der Waals surface area contributed by atoms with Crippen LogP contribution in [0.2, 0.25) is 0 Å². The van der Waals surface area contributed by atoms with Crippen molar-refractivity contribution in [3.05, 3.63) is 0 Å². The van der Waals surface area contributed by atoms with Crippen LogP contribution in [0.25, 0.3) is 0 Å². The fourth-order valence-electron chi connectivity index (χ4n) is 2.47. The lowest BCUT2D eigenvalue weighted by Gasteiger charge is -2.27. The second-order valence-electron chi connectivity index (χ2n) is 7.22. The largest absolute Gasteiger partial charge is 0.481 e. The molecule has 13 heteroatoms. The number of hydrogen-bond donors (Lipinski definition) is 8. The van der Waals surface area contributed by atoms with Crippen LogP contribution in [0.4, 0.5) is 0 Å². The van der Waals surface area contributed by atoms with Crippen molar-refractivity contribution in [1.29, 1.82) is 0 Å².